The Morgan fingerprint density at radius 1 is 1.07 bits per heavy atom. The number of amides is 1. The Balaban J connectivity index is 1.52. The van der Waals surface area contributed by atoms with Crippen LogP contribution in [0.15, 0.2) is 53.5 Å². The van der Waals surface area contributed by atoms with Crippen LogP contribution in [0.2, 0.25) is 0 Å². The van der Waals surface area contributed by atoms with E-state index in [0.29, 0.717) is 31.8 Å². The van der Waals surface area contributed by atoms with E-state index in [4.69, 9.17) is 4.74 Å². The third-order valence-electron chi connectivity index (χ3n) is 5.20. The smallest absolute Gasteiger partial charge is 0.264 e. The molecule has 7 heteroatoms. The zero-order valence-corrected chi connectivity index (χ0v) is 16.0. The summed E-state index contributed by atoms with van der Waals surface area (Å²) < 4.78 is 6.64. The average molecular weight is 378 g/mol. The van der Waals surface area contributed by atoms with Crippen molar-refractivity contribution < 1.29 is 9.53 Å². The van der Waals surface area contributed by atoms with Gasteiger partial charge in [-0.2, -0.15) is 0 Å². The Hall–Kier alpha value is -3.35. The van der Waals surface area contributed by atoms with Gasteiger partial charge in [-0.15, -0.1) is 0 Å². The number of carbonyl (C=O) groups excluding carboxylic acids is 1. The topological polar surface area (TPSA) is 67.7 Å². The molecule has 1 aliphatic rings. The van der Waals surface area contributed by atoms with E-state index in [0.717, 1.165) is 16.8 Å². The molecule has 0 aliphatic carbocycles. The van der Waals surface area contributed by atoms with Gasteiger partial charge < -0.3 is 14.5 Å². The van der Waals surface area contributed by atoms with Crippen LogP contribution < -0.4 is 15.2 Å². The van der Waals surface area contributed by atoms with Gasteiger partial charge >= 0.3 is 0 Å². The van der Waals surface area contributed by atoms with Crippen molar-refractivity contribution in [3.8, 4) is 5.75 Å². The van der Waals surface area contributed by atoms with Crippen LogP contribution in [-0.2, 0) is 7.05 Å². The Morgan fingerprint density at radius 2 is 1.79 bits per heavy atom. The first-order chi connectivity index (χ1) is 13.6. The van der Waals surface area contributed by atoms with Gasteiger partial charge in [0.25, 0.3) is 11.5 Å². The molecule has 28 heavy (non-hydrogen) atoms. The van der Waals surface area contributed by atoms with E-state index >= 15 is 0 Å². The van der Waals surface area contributed by atoms with Gasteiger partial charge in [0, 0.05) is 50.5 Å². The van der Waals surface area contributed by atoms with Crippen LogP contribution in [0, 0.1) is 0 Å². The minimum absolute atomic E-state index is 0.195. The lowest BCUT2D eigenvalue weighted by atomic mass is 10.1. The lowest BCUT2D eigenvalue weighted by Crippen LogP contribution is -2.49. The molecule has 7 nitrogen and oxygen atoms in total. The number of hydrogen-bond acceptors (Lipinski definition) is 5. The molecule has 1 aromatic carbocycles. The summed E-state index contributed by atoms with van der Waals surface area (Å²) in [6.07, 6.45) is 1.64. The van der Waals surface area contributed by atoms with Crippen molar-refractivity contribution in [3.63, 3.8) is 0 Å². The first-order valence-electron chi connectivity index (χ1n) is 9.21. The first kappa shape index (κ1) is 18.0. The Kier molecular flexibility index (Phi) is 4.73. The quantitative estimate of drug-likeness (QED) is 0.696. The van der Waals surface area contributed by atoms with Crippen LogP contribution in [0.25, 0.3) is 11.0 Å². The number of aromatic nitrogens is 2. The lowest BCUT2D eigenvalue weighted by Gasteiger charge is -2.36. The van der Waals surface area contributed by atoms with Gasteiger partial charge in [-0.3, -0.25) is 14.2 Å². The number of nitrogens with zero attached hydrogens (tertiary/aromatic N) is 4. The number of benzene rings is 1. The number of ether oxygens (including phenoxy) is 1. The van der Waals surface area contributed by atoms with E-state index in [-0.39, 0.29) is 17.0 Å². The lowest BCUT2D eigenvalue weighted by molar-refractivity contribution is 0.0744. The zero-order valence-electron chi connectivity index (χ0n) is 16.0. The molecule has 0 bridgehead atoms. The van der Waals surface area contributed by atoms with E-state index in [2.05, 4.69) is 9.88 Å². The molecule has 0 saturated carbocycles. The highest BCUT2D eigenvalue weighted by molar-refractivity contribution is 5.97. The highest BCUT2D eigenvalue weighted by Crippen LogP contribution is 2.21. The Bertz CT molecular complexity index is 1070. The monoisotopic (exact) mass is 378 g/mol. The molecule has 3 aromatic rings. The summed E-state index contributed by atoms with van der Waals surface area (Å²) in [7, 11) is 3.29. The van der Waals surface area contributed by atoms with Crippen LogP contribution in [0.1, 0.15) is 10.4 Å². The van der Waals surface area contributed by atoms with Crippen molar-refractivity contribution in [2.75, 3.05) is 38.2 Å². The van der Waals surface area contributed by atoms with Crippen molar-refractivity contribution in [2.24, 2.45) is 7.05 Å². The number of fused-ring (bicyclic) bond motifs is 1. The first-order valence-corrected chi connectivity index (χ1v) is 9.21. The molecule has 0 unspecified atom stereocenters. The molecule has 1 saturated heterocycles. The van der Waals surface area contributed by atoms with E-state index in [1.165, 1.54) is 4.57 Å². The minimum atomic E-state index is -0.311. The van der Waals surface area contributed by atoms with Crippen molar-refractivity contribution in [1.29, 1.82) is 0 Å². The number of piperazine rings is 1. The van der Waals surface area contributed by atoms with Gasteiger partial charge in [-0.05, 0) is 42.5 Å². The van der Waals surface area contributed by atoms with E-state index in [9.17, 15) is 9.59 Å². The van der Waals surface area contributed by atoms with Gasteiger partial charge in [0.15, 0.2) is 0 Å². The van der Waals surface area contributed by atoms with Gasteiger partial charge in [0.1, 0.15) is 17.0 Å². The summed E-state index contributed by atoms with van der Waals surface area (Å²) in [5.41, 5.74) is 1.56. The van der Waals surface area contributed by atoms with Crippen molar-refractivity contribution in [1.82, 2.24) is 14.5 Å². The van der Waals surface area contributed by atoms with Crippen LogP contribution in [0.3, 0.4) is 0 Å². The summed E-state index contributed by atoms with van der Waals surface area (Å²) in [6, 6.07) is 13.2. The predicted molar refractivity (Wildman–Crippen MR) is 108 cm³/mol. The van der Waals surface area contributed by atoms with E-state index in [1.807, 2.05) is 30.3 Å². The fourth-order valence-corrected chi connectivity index (χ4v) is 3.58. The van der Waals surface area contributed by atoms with Crippen LogP contribution in [0.4, 0.5) is 5.69 Å². The summed E-state index contributed by atoms with van der Waals surface area (Å²) in [5.74, 6) is 0.597. The molecule has 0 N–H and O–H groups in total. The zero-order chi connectivity index (χ0) is 19.7. The second kappa shape index (κ2) is 7.34. The number of anilines is 1. The summed E-state index contributed by atoms with van der Waals surface area (Å²) in [6.45, 7) is 2.57. The summed E-state index contributed by atoms with van der Waals surface area (Å²) in [4.78, 5) is 33.9. The maximum absolute atomic E-state index is 13.0. The van der Waals surface area contributed by atoms with Gasteiger partial charge in [-0.1, -0.05) is 0 Å². The second-order valence-corrected chi connectivity index (χ2v) is 6.82. The standard InChI is InChI=1S/C21H22N4O3/c1-23-19-15(4-3-9-22-19)14-18(20(23)26)21(27)25-12-10-24(11-13-25)16-5-7-17(28-2)8-6-16/h3-9,14H,10-13H2,1-2H3. The van der Waals surface area contributed by atoms with Crippen LogP contribution in [0.5, 0.6) is 5.75 Å². The highest BCUT2D eigenvalue weighted by atomic mass is 16.5. The average Bonchev–Trinajstić information content (AvgIpc) is 2.76. The molecule has 1 amide bonds. The summed E-state index contributed by atoms with van der Waals surface area (Å²) in [5, 5.41) is 0.782. The van der Waals surface area contributed by atoms with Crippen LogP contribution in [-0.4, -0.2) is 53.6 Å². The molecular weight excluding hydrogens is 356 g/mol. The molecule has 3 heterocycles. The number of aryl methyl sites for hydroxylation is 1. The third-order valence-corrected chi connectivity index (χ3v) is 5.20. The SMILES string of the molecule is COc1ccc(N2CCN(C(=O)c3cc4cccnc4n(C)c3=O)CC2)cc1. The molecule has 1 aliphatic heterocycles. The predicted octanol–water partition coefficient (Wildman–Crippen LogP) is 1.90. The van der Waals surface area contributed by atoms with E-state index < -0.39 is 0 Å². The van der Waals surface area contributed by atoms with Gasteiger partial charge in [0.05, 0.1) is 7.11 Å². The second-order valence-electron chi connectivity index (χ2n) is 6.82. The number of rotatable bonds is 3. The van der Waals surface area contributed by atoms with Crippen molar-refractivity contribution in [3.05, 3.63) is 64.6 Å². The number of methoxy groups -OCH3 is 1. The Morgan fingerprint density at radius 3 is 2.46 bits per heavy atom. The summed E-state index contributed by atoms with van der Waals surface area (Å²) >= 11 is 0. The van der Waals surface area contributed by atoms with Gasteiger partial charge in [0.2, 0.25) is 0 Å². The highest BCUT2D eigenvalue weighted by Gasteiger charge is 2.25. The molecule has 0 atom stereocenters. The van der Waals surface area contributed by atoms with Crippen LogP contribution >= 0.6 is 0 Å². The maximum atomic E-state index is 13.0. The van der Waals surface area contributed by atoms with Crippen molar-refractivity contribution >= 4 is 22.6 Å². The normalized spacial score (nSPS) is 14.4. The number of pyridine rings is 2. The maximum Gasteiger partial charge on any atom is 0.264 e. The fourth-order valence-electron chi connectivity index (χ4n) is 3.58. The van der Waals surface area contributed by atoms with Crippen molar-refractivity contribution in [2.45, 2.75) is 0 Å². The molecule has 2 aromatic heterocycles. The third kappa shape index (κ3) is 3.19. The molecular formula is C21H22N4O3. The molecule has 4 rings (SSSR count). The Labute approximate surface area is 162 Å². The molecule has 0 spiro atoms. The molecule has 144 valence electrons. The number of carbonyl (C=O) groups is 1. The number of hydrogen-bond donors (Lipinski definition) is 0. The fraction of sp³-hybridized carbons (Fsp3) is 0.286. The molecule has 1 fully saturated rings. The largest absolute Gasteiger partial charge is 0.497 e. The minimum Gasteiger partial charge on any atom is -0.497 e. The van der Waals surface area contributed by atoms with Gasteiger partial charge in [-0.25, -0.2) is 4.98 Å². The molecule has 0 radical (unpaired) electrons. The van der Waals surface area contributed by atoms with E-state index in [1.54, 1.807) is 37.4 Å².